The highest BCUT2D eigenvalue weighted by molar-refractivity contribution is 7.91. The van der Waals surface area contributed by atoms with Gasteiger partial charge in [0.25, 0.3) is 15.7 Å². The number of rotatable bonds is 13. The first kappa shape index (κ1) is 31.0. The summed E-state index contributed by atoms with van der Waals surface area (Å²) in [5.74, 6) is -0.948. The van der Waals surface area contributed by atoms with Gasteiger partial charge < -0.3 is 29.2 Å². The molecule has 0 aliphatic rings. The van der Waals surface area contributed by atoms with Crippen LogP contribution in [0.2, 0.25) is 0 Å². The van der Waals surface area contributed by atoms with E-state index in [9.17, 15) is 27.6 Å². The van der Waals surface area contributed by atoms with Gasteiger partial charge in [-0.05, 0) is 53.3 Å². The number of halogens is 1. The Morgan fingerprint density at radius 2 is 1.76 bits per heavy atom. The van der Waals surface area contributed by atoms with Crippen molar-refractivity contribution in [2.75, 3.05) is 26.9 Å². The molecule has 0 spiro atoms. The predicted molar refractivity (Wildman–Crippen MR) is 154 cm³/mol. The summed E-state index contributed by atoms with van der Waals surface area (Å²) >= 11 is 0. The summed E-state index contributed by atoms with van der Waals surface area (Å²) in [6.07, 6.45) is 0.661. The topological polar surface area (TPSA) is 174 Å². The molecule has 0 saturated carbocycles. The minimum atomic E-state index is -4.25. The fourth-order valence-electron chi connectivity index (χ4n) is 4.28. The molecule has 15 heteroatoms. The number of hydrogen-bond acceptors (Lipinski definition) is 11. The monoisotopic (exact) mass is 639 g/mol. The van der Waals surface area contributed by atoms with Crippen molar-refractivity contribution in [2.45, 2.75) is 22.8 Å². The van der Waals surface area contributed by atoms with E-state index in [0.29, 0.717) is 17.6 Å². The molecular weight excluding hydrogens is 613 g/mol. The molecule has 5 rings (SSSR count). The van der Waals surface area contributed by atoms with Crippen LogP contribution >= 0.6 is 0 Å². The molecule has 0 saturated heterocycles. The minimum absolute atomic E-state index is 0.0522. The van der Waals surface area contributed by atoms with E-state index in [1.165, 1.54) is 55.6 Å². The van der Waals surface area contributed by atoms with E-state index in [1.807, 2.05) is 0 Å². The largest absolute Gasteiger partial charge is 0.493 e. The molecule has 0 aliphatic heterocycles. The van der Waals surface area contributed by atoms with Gasteiger partial charge in [-0.15, -0.1) is 0 Å². The first-order chi connectivity index (χ1) is 21.7. The van der Waals surface area contributed by atoms with Crippen molar-refractivity contribution in [3.05, 3.63) is 105 Å². The SMILES string of the molecule is COc1cc2cc(C(=O)NCCc3ccc(F)cc3)c(=O)oc2cc1OCCCOc1no[n+]([O-])c1S(=O)(=O)c1ccccc1. The normalized spacial score (nSPS) is 11.3. The summed E-state index contributed by atoms with van der Waals surface area (Å²) in [6.45, 7) is 0.185. The summed E-state index contributed by atoms with van der Waals surface area (Å²) in [5, 5.41) is 17.7. The quantitative estimate of drug-likeness (QED) is 0.114. The Morgan fingerprint density at radius 1 is 1.02 bits per heavy atom. The van der Waals surface area contributed by atoms with Crippen LogP contribution in [0.3, 0.4) is 0 Å². The van der Waals surface area contributed by atoms with E-state index in [0.717, 1.165) is 5.56 Å². The van der Waals surface area contributed by atoms with Gasteiger partial charge in [0.2, 0.25) is 0 Å². The maximum absolute atomic E-state index is 13.1. The van der Waals surface area contributed by atoms with Crippen LogP contribution in [0.1, 0.15) is 22.3 Å². The summed E-state index contributed by atoms with van der Waals surface area (Å²) in [4.78, 5) is 24.9. The smallest absolute Gasteiger partial charge is 0.414 e. The second kappa shape index (κ2) is 13.5. The number of aromatic nitrogens is 2. The number of nitrogens with one attached hydrogen (secondary N) is 1. The highest BCUT2D eigenvalue weighted by Gasteiger charge is 2.35. The van der Waals surface area contributed by atoms with Crippen LogP contribution in [-0.2, 0) is 16.3 Å². The number of fused-ring (bicyclic) bond motifs is 1. The molecule has 234 valence electrons. The first-order valence-electron chi connectivity index (χ1n) is 13.5. The fourth-order valence-corrected chi connectivity index (χ4v) is 5.57. The molecule has 3 aromatic carbocycles. The molecule has 0 atom stereocenters. The van der Waals surface area contributed by atoms with Gasteiger partial charge >= 0.3 is 16.5 Å². The number of sulfone groups is 1. The zero-order valence-corrected chi connectivity index (χ0v) is 24.5. The van der Waals surface area contributed by atoms with Crippen LogP contribution in [-0.4, -0.2) is 46.3 Å². The number of carbonyl (C=O) groups is 1. The molecule has 13 nitrogen and oxygen atoms in total. The number of benzene rings is 3. The maximum atomic E-state index is 13.1. The molecule has 0 aliphatic carbocycles. The van der Waals surface area contributed by atoms with Gasteiger partial charge in [0, 0.05) is 24.4 Å². The third kappa shape index (κ3) is 7.04. The van der Waals surface area contributed by atoms with E-state index in [2.05, 4.69) is 15.1 Å². The lowest BCUT2D eigenvalue weighted by atomic mass is 10.1. The Morgan fingerprint density at radius 3 is 2.49 bits per heavy atom. The Hall–Kier alpha value is -5.44. The lowest BCUT2D eigenvalue weighted by Gasteiger charge is -2.12. The van der Waals surface area contributed by atoms with E-state index in [-0.39, 0.29) is 58.7 Å². The van der Waals surface area contributed by atoms with Gasteiger partial charge in [0.1, 0.15) is 17.0 Å². The number of methoxy groups -OCH3 is 1. The number of hydrogen-bond donors (Lipinski definition) is 1. The molecule has 0 unspecified atom stereocenters. The summed E-state index contributed by atoms with van der Waals surface area (Å²) in [6, 6.07) is 17.5. The van der Waals surface area contributed by atoms with Crippen molar-refractivity contribution in [3.63, 3.8) is 0 Å². The summed E-state index contributed by atoms with van der Waals surface area (Å²) < 4.78 is 65.3. The second-order valence-electron chi connectivity index (χ2n) is 9.53. The Labute approximate surface area is 255 Å². The van der Waals surface area contributed by atoms with Crippen molar-refractivity contribution >= 4 is 26.7 Å². The van der Waals surface area contributed by atoms with E-state index < -0.39 is 32.3 Å². The van der Waals surface area contributed by atoms with Crippen molar-refractivity contribution in [1.29, 1.82) is 0 Å². The highest BCUT2D eigenvalue weighted by Crippen LogP contribution is 2.32. The zero-order chi connectivity index (χ0) is 32.0. The third-order valence-electron chi connectivity index (χ3n) is 6.52. The fraction of sp³-hybridized carbons (Fsp3) is 0.200. The minimum Gasteiger partial charge on any atom is -0.493 e. The van der Waals surface area contributed by atoms with Gasteiger partial charge in [-0.1, -0.05) is 30.3 Å². The predicted octanol–water partition coefficient (Wildman–Crippen LogP) is 3.22. The summed E-state index contributed by atoms with van der Waals surface area (Å²) in [7, 11) is -2.84. The van der Waals surface area contributed by atoms with Crippen LogP contribution in [0.4, 0.5) is 4.39 Å². The number of nitrogens with zero attached hydrogens (tertiary/aromatic N) is 2. The lowest BCUT2D eigenvalue weighted by molar-refractivity contribution is -0.832. The van der Waals surface area contributed by atoms with Crippen LogP contribution in [0, 0.1) is 11.0 Å². The molecule has 2 heterocycles. The number of amides is 1. The molecule has 0 radical (unpaired) electrons. The third-order valence-corrected chi connectivity index (χ3v) is 8.24. The van der Waals surface area contributed by atoms with Gasteiger partial charge in [-0.25, -0.2) is 17.6 Å². The molecule has 1 amide bonds. The molecule has 2 aromatic heterocycles. The van der Waals surface area contributed by atoms with Crippen molar-refractivity contribution in [1.82, 2.24) is 10.5 Å². The van der Waals surface area contributed by atoms with Crippen molar-refractivity contribution in [2.24, 2.45) is 0 Å². The molecular formula is C30H26FN3O10S. The van der Waals surface area contributed by atoms with E-state index in [1.54, 1.807) is 24.3 Å². The van der Waals surface area contributed by atoms with Gasteiger partial charge in [0.05, 0.1) is 30.4 Å². The van der Waals surface area contributed by atoms with Gasteiger partial charge in [0.15, 0.2) is 11.5 Å². The zero-order valence-electron chi connectivity index (χ0n) is 23.7. The van der Waals surface area contributed by atoms with Crippen LogP contribution < -0.4 is 30.1 Å². The number of carbonyl (C=O) groups excluding carboxylic acids is 1. The lowest BCUT2D eigenvalue weighted by Crippen LogP contribution is -2.31. The van der Waals surface area contributed by atoms with Crippen molar-refractivity contribution < 1.29 is 45.8 Å². The highest BCUT2D eigenvalue weighted by atomic mass is 32.2. The van der Waals surface area contributed by atoms with Crippen LogP contribution in [0.5, 0.6) is 17.4 Å². The molecule has 0 fully saturated rings. The Balaban J connectivity index is 1.20. The van der Waals surface area contributed by atoms with E-state index in [4.69, 9.17) is 18.6 Å². The second-order valence-corrected chi connectivity index (χ2v) is 11.4. The Kier molecular flexibility index (Phi) is 9.28. The average Bonchev–Trinajstić information content (AvgIpc) is 3.42. The first-order valence-corrected chi connectivity index (χ1v) is 15.0. The maximum Gasteiger partial charge on any atom is 0.414 e. The van der Waals surface area contributed by atoms with E-state index >= 15 is 0 Å². The van der Waals surface area contributed by atoms with Crippen LogP contribution in [0.15, 0.2) is 96.6 Å². The van der Waals surface area contributed by atoms with Gasteiger partial charge in [-0.2, -0.15) is 0 Å². The molecule has 1 N–H and O–H groups in total. The molecule has 45 heavy (non-hydrogen) atoms. The van der Waals surface area contributed by atoms with Gasteiger partial charge in [-0.3, -0.25) is 9.42 Å². The molecule has 5 aromatic rings. The standard InChI is InChI=1S/C30H26FN3O10S/c1-40-25-17-20-16-23(27(35)32-13-12-19-8-10-21(31)11-9-19)30(36)43-24(20)18-26(25)41-14-5-15-42-28-29(34(37)44-33-28)45(38,39)22-6-3-2-4-7-22/h2-4,6-11,16-18H,5,12-15H2,1H3,(H,32,35). The average molecular weight is 640 g/mol. The number of ether oxygens (including phenoxy) is 3. The van der Waals surface area contributed by atoms with Crippen LogP contribution in [0.25, 0.3) is 11.0 Å². The molecule has 0 bridgehead atoms. The van der Waals surface area contributed by atoms with Crippen molar-refractivity contribution in [3.8, 4) is 17.4 Å². The summed E-state index contributed by atoms with van der Waals surface area (Å²) in [5.41, 5.74) is -0.0833. The Bertz CT molecular complexity index is 1980.